The summed E-state index contributed by atoms with van der Waals surface area (Å²) in [6.45, 7) is 5.27. The third kappa shape index (κ3) is 3.58. The largest absolute Gasteiger partial charge is 0.396 e. The molecule has 1 amide bonds. The molecule has 2 aromatic rings. The van der Waals surface area contributed by atoms with Crippen molar-refractivity contribution in [3.05, 3.63) is 47.0 Å². The number of carbonyl (C=O) groups is 1. The van der Waals surface area contributed by atoms with Crippen molar-refractivity contribution < 1.29 is 14.3 Å². The minimum atomic E-state index is -0.301. The Morgan fingerprint density at radius 1 is 1.32 bits per heavy atom. The highest BCUT2D eigenvalue weighted by molar-refractivity contribution is 5.96. The average Bonchev–Trinajstić information content (AvgIpc) is 2.90. The standard InChI is InChI=1S/C19H24FN3O2/c1-13-18(19(25)22-10-3-4-15(12-22)9-11-24)14(2)23(21-13)17-7-5-16(20)6-8-17/h5-8,15,24H,3-4,9-12H2,1-2H3/t15-/m0/s1. The second kappa shape index (κ2) is 7.35. The first-order chi connectivity index (χ1) is 12.0. The molecule has 1 saturated heterocycles. The highest BCUT2D eigenvalue weighted by atomic mass is 19.1. The Morgan fingerprint density at radius 3 is 2.72 bits per heavy atom. The molecule has 0 bridgehead atoms. The molecule has 1 aromatic heterocycles. The topological polar surface area (TPSA) is 58.4 Å². The summed E-state index contributed by atoms with van der Waals surface area (Å²) in [5.74, 6) is 0.0475. The average molecular weight is 345 g/mol. The first-order valence-corrected chi connectivity index (χ1v) is 8.73. The van der Waals surface area contributed by atoms with E-state index in [1.807, 2.05) is 18.7 Å². The zero-order chi connectivity index (χ0) is 18.0. The number of aliphatic hydroxyl groups is 1. The molecule has 1 aromatic carbocycles. The maximum absolute atomic E-state index is 13.1. The molecule has 1 aliphatic rings. The minimum Gasteiger partial charge on any atom is -0.396 e. The normalized spacial score (nSPS) is 17.8. The van der Waals surface area contributed by atoms with Crippen LogP contribution in [-0.4, -0.2) is 45.4 Å². The Morgan fingerprint density at radius 2 is 2.04 bits per heavy atom. The van der Waals surface area contributed by atoms with Crippen molar-refractivity contribution in [2.24, 2.45) is 5.92 Å². The molecule has 0 aliphatic carbocycles. The molecule has 0 unspecified atom stereocenters. The van der Waals surface area contributed by atoms with Crippen molar-refractivity contribution in [1.82, 2.24) is 14.7 Å². The number of hydrogen-bond donors (Lipinski definition) is 1. The molecular formula is C19H24FN3O2. The lowest BCUT2D eigenvalue weighted by Crippen LogP contribution is -2.40. The number of carbonyl (C=O) groups excluding carboxylic acids is 1. The van der Waals surface area contributed by atoms with Crippen molar-refractivity contribution in [2.45, 2.75) is 33.1 Å². The monoisotopic (exact) mass is 345 g/mol. The van der Waals surface area contributed by atoms with E-state index in [9.17, 15) is 9.18 Å². The molecule has 134 valence electrons. The van der Waals surface area contributed by atoms with Gasteiger partial charge in [0.1, 0.15) is 5.82 Å². The van der Waals surface area contributed by atoms with Crippen molar-refractivity contribution in [3.8, 4) is 5.69 Å². The molecule has 1 aliphatic heterocycles. The fourth-order valence-electron chi connectivity index (χ4n) is 3.61. The smallest absolute Gasteiger partial charge is 0.257 e. The molecule has 6 heteroatoms. The van der Waals surface area contributed by atoms with Crippen LogP contribution in [0.4, 0.5) is 4.39 Å². The first-order valence-electron chi connectivity index (χ1n) is 8.73. The van der Waals surface area contributed by atoms with Crippen LogP contribution in [0.2, 0.25) is 0 Å². The van der Waals surface area contributed by atoms with Gasteiger partial charge in [0, 0.05) is 19.7 Å². The molecule has 1 atom stereocenters. The van der Waals surface area contributed by atoms with E-state index in [1.54, 1.807) is 16.8 Å². The summed E-state index contributed by atoms with van der Waals surface area (Å²) in [7, 11) is 0. The molecule has 2 heterocycles. The van der Waals surface area contributed by atoms with Crippen LogP contribution < -0.4 is 0 Å². The Bertz CT molecular complexity index is 753. The minimum absolute atomic E-state index is 0.00833. The number of hydrogen-bond acceptors (Lipinski definition) is 3. The van der Waals surface area contributed by atoms with Gasteiger partial charge in [0.2, 0.25) is 0 Å². The second-order valence-corrected chi connectivity index (χ2v) is 6.71. The molecule has 1 N–H and O–H groups in total. The summed E-state index contributed by atoms with van der Waals surface area (Å²) in [6, 6.07) is 6.08. The van der Waals surface area contributed by atoms with E-state index >= 15 is 0 Å². The highest BCUT2D eigenvalue weighted by Gasteiger charge is 2.28. The zero-order valence-corrected chi connectivity index (χ0v) is 14.7. The summed E-state index contributed by atoms with van der Waals surface area (Å²) in [4.78, 5) is 14.9. The number of piperidine rings is 1. The van der Waals surface area contributed by atoms with Crippen LogP contribution in [0, 0.1) is 25.6 Å². The Kier molecular flexibility index (Phi) is 5.18. The summed E-state index contributed by atoms with van der Waals surface area (Å²) >= 11 is 0. The van der Waals surface area contributed by atoms with Crippen molar-refractivity contribution >= 4 is 5.91 Å². The Hall–Kier alpha value is -2.21. The van der Waals surface area contributed by atoms with Crippen LogP contribution in [0.15, 0.2) is 24.3 Å². The molecule has 0 radical (unpaired) electrons. The van der Waals surface area contributed by atoms with Crippen molar-refractivity contribution in [1.29, 1.82) is 0 Å². The predicted molar refractivity (Wildman–Crippen MR) is 93.3 cm³/mol. The summed E-state index contributed by atoms with van der Waals surface area (Å²) < 4.78 is 14.8. The fourth-order valence-corrected chi connectivity index (χ4v) is 3.61. The van der Waals surface area contributed by atoms with E-state index in [0.717, 1.165) is 37.2 Å². The van der Waals surface area contributed by atoms with E-state index in [4.69, 9.17) is 5.11 Å². The Labute approximate surface area is 147 Å². The van der Waals surface area contributed by atoms with Crippen LogP contribution in [0.3, 0.4) is 0 Å². The van der Waals surface area contributed by atoms with E-state index < -0.39 is 0 Å². The SMILES string of the molecule is Cc1nn(-c2ccc(F)cc2)c(C)c1C(=O)N1CCC[C@@H](CCO)C1. The lowest BCUT2D eigenvalue weighted by Gasteiger charge is -2.32. The predicted octanol–water partition coefficient (Wildman–Crippen LogP) is 2.86. The van der Waals surface area contributed by atoms with Gasteiger partial charge in [-0.3, -0.25) is 4.79 Å². The molecule has 0 saturated carbocycles. The summed E-state index contributed by atoms with van der Waals surface area (Å²) in [6.07, 6.45) is 2.74. The first kappa shape index (κ1) is 17.6. The molecule has 25 heavy (non-hydrogen) atoms. The van der Waals surface area contributed by atoms with Gasteiger partial charge < -0.3 is 10.0 Å². The van der Waals surface area contributed by atoms with E-state index in [2.05, 4.69) is 5.10 Å². The van der Waals surface area contributed by atoms with Gasteiger partial charge in [-0.25, -0.2) is 9.07 Å². The number of likely N-dealkylation sites (tertiary alicyclic amines) is 1. The van der Waals surface area contributed by atoms with Crippen molar-refractivity contribution in [2.75, 3.05) is 19.7 Å². The van der Waals surface area contributed by atoms with Crippen LogP contribution in [0.5, 0.6) is 0 Å². The number of rotatable bonds is 4. The third-order valence-corrected chi connectivity index (χ3v) is 4.92. The van der Waals surface area contributed by atoms with Gasteiger partial charge in [-0.2, -0.15) is 5.10 Å². The lowest BCUT2D eigenvalue weighted by atomic mass is 9.94. The maximum Gasteiger partial charge on any atom is 0.257 e. The van der Waals surface area contributed by atoms with Gasteiger partial charge in [0.05, 0.1) is 22.6 Å². The summed E-state index contributed by atoms with van der Waals surface area (Å²) in [5.41, 5.74) is 2.79. The Balaban J connectivity index is 1.87. The number of halogens is 1. The van der Waals surface area contributed by atoms with Gasteiger partial charge in [-0.05, 0) is 63.3 Å². The maximum atomic E-state index is 13.1. The van der Waals surface area contributed by atoms with E-state index in [0.29, 0.717) is 23.7 Å². The molecular weight excluding hydrogens is 321 g/mol. The number of nitrogens with zero attached hydrogens (tertiary/aromatic N) is 3. The highest BCUT2D eigenvalue weighted by Crippen LogP contribution is 2.24. The van der Waals surface area contributed by atoms with Crippen molar-refractivity contribution in [3.63, 3.8) is 0 Å². The molecule has 0 spiro atoms. The van der Waals surface area contributed by atoms with Gasteiger partial charge >= 0.3 is 0 Å². The number of aliphatic hydroxyl groups excluding tert-OH is 1. The number of aromatic nitrogens is 2. The van der Waals surface area contributed by atoms with Gasteiger partial charge in [-0.1, -0.05) is 0 Å². The van der Waals surface area contributed by atoms with E-state index in [-0.39, 0.29) is 18.3 Å². The molecule has 1 fully saturated rings. The van der Waals surface area contributed by atoms with Crippen LogP contribution in [0.25, 0.3) is 5.69 Å². The van der Waals surface area contributed by atoms with Crippen LogP contribution >= 0.6 is 0 Å². The number of amides is 1. The molecule has 5 nitrogen and oxygen atoms in total. The number of benzene rings is 1. The number of aryl methyl sites for hydroxylation is 1. The second-order valence-electron chi connectivity index (χ2n) is 6.71. The van der Waals surface area contributed by atoms with Crippen LogP contribution in [-0.2, 0) is 0 Å². The zero-order valence-electron chi connectivity index (χ0n) is 14.7. The quantitative estimate of drug-likeness (QED) is 0.927. The van der Waals surface area contributed by atoms with Gasteiger partial charge in [0.25, 0.3) is 5.91 Å². The van der Waals surface area contributed by atoms with E-state index in [1.165, 1.54) is 12.1 Å². The molecule has 3 rings (SSSR count). The summed E-state index contributed by atoms with van der Waals surface area (Å²) in [5, 5.41) is 13.6. The third-order valence-electron chi connectivity index (χ3n) is 4.92. The van der Waals surface area contributed by atoms with Gasteiger partial charge in [0.15, 0.2) is 0 Å². The van der Waals surface area contributed by atoms with Crippen LogP contribution in [0.1, 0.15) is 41.0 Å². The lowest BCUT2D eigenvalue weighted by molar-refractivity contribution is 0.0652. The van der Waals surface area contributed by atoms with Gasteiger partial charge in [-0.15, -0.1) is 0 Å². The fraction of sp³-hybridized carbons (Fsp3) is 0.474.